The first kappa shape index (κ1) is 37.6. The maximum Gasteiger partial charge on any atom is 1.00 e. The molecule has 9 nitrogen and oxygen atoms in total. The average Bonchev–Trinajstić information content (AvgIpc) is 3.15. The van der Waals surface area contributed by atoms with Crippen molar-refractivity contribution >= 4 is 20.5 Å². The molecule has 11 atom stereocenters. The van der Waals surface area contributed by atoms with E-state index in [2.05, 4.69) is 31.0 Å². The van der Waals surface area contributed by atoms with Gasteiger partial charge < -0.3 is 19.3 Å². The van der Waals surface area contributed by atoms with Crippen LogP contribution in [-0.2, 0) is 24.7 Å². The molecule has 0 aromatic carbocycles. The van der Waals surface area contributed by atoms with Gasteiger partial charge >= 0.3 is 59.1 Å². The second-order valence-corrected chi connectivity index (χ2v) is 16.1. The quantitative estimate of drug-likeness (QED) is 0.127. The Bertz CT molecular complexity index is 1130. The summed E-state index contributed by atoms with van der Waals surface area (Å²) in [6.45, 7) is 8.21. The Balaban J connectivity index is 0.00000280. The molecular weight excluding hydrogens is 578 g/mol. The molecule has 4 aliphatic carbocycles. The third-order valence-corrected chi connectivity index (χ3v) is 13.0. The Kier molecular flexibility index (Phi) is 12.6. The molecule has 13 heteroatoms. The molecule has 4 aliphatic rings. The standard InChI is InChI=1S/C27H46O9S2.2Na/c1-17(16-36-38(33,34)35)6-5-7-18(2)21-8-9-22-26(21,4)13-11-23-25(3)12-10-20(37(30,31)32)14-19(25)15-24(28)27(22,23)29;;/h5,7,17-24,28-29H,6,8-16H2,1-4H3,(H,30,31,32)(H,33,34,35);;/q;2*+1/p-2/b7-5+;;/t17?,18-,19-,20-,21-,22-,23-,24-,25+,26-,27-;;/m1../s1. The van der Waals surface area contributed by atoms with Gasteiger partial charge in [-0.25, -0.2) is 16.8 Å². The van der Waals surface area contributed by atoms with Crippen LogP contribution in [0.4, 0.5) is 0 Å². The Labute approximate surface area is 285 Å². The predicted molar refractivity (Wildman–Crippen MR) is 139 cm³/mol. The topological polar surface area (TPSA) is 164 Å². The Morgan fingerprint density at radius 3 is 2.15 bits per heavy atom. The second-order valence-electron chi connectivity index (χ2n) is 13.4. The van der Waals surface area contributed by atoms with Crippen molar-refractivity contribution in [3.8, 4) is 0 Å². The second kappa shape index (κ2) is 13.4. The molecule has 4 fully saturated rings. The van der Waals surface area contributed by atoms with Crippen LogP contribution in [-0.4, -0.2) is 59.7 Å². The fourth-order valence-corrected chi connectivity index (χ4v) is 10.6. The van der Waals surface area contributed by atoms with Gasteiger partial charge in [0.1, 0.15) is 0 Å². The van der Waals surface area contributed by atoms with Crippen LogP contribution in [0, 0.1) is 46.3 Å². The number of hydrogen-bond donors (Lipinski definition) is 2. The maximum absolute atomic E-state index is 12.4. The third kappa shape index (κ3) is 7.12. The average molecular weight is 623 g/mol. The summed E-state index contributed by atoms with van der Waals surface area (Å²) in [6, 6.07) is 0. The van der Waals surface area contributed by atoms with Gasteiger partial charge in [0.05, 0.1) is 28.4 Å². The molecule has 40 heavy (non-hydrogen) atoms. The van der Waals surface area contributed by atoms with E-state index in [0.29, 0.717) is 31.6 Å². The normalized spacial score (nSPS) is 43.0. The van der Waals surface area contributed by atoms with Crippen LogP contribution in [0.15, 0.2) is 12.2 Å². The molecular formula is C27H44Na2O9S2. The van der Waals surface area contributed by atoms with Crippen LogP contribution in [0.2, 0.25) is 0 Å². The van der Waals surface area contributed by atoms with Crippen LogP contribution < -0.4 is 59.1 Å². The molecule has 0 saturated heterocycles. The first-order chi connectivity index (χ1) is 17.4. The van der Waals surface area contributed by atoms with Crippen molar-refractivity contribution < 1.29 is 99.5 Å². The van der Waals surface area contributed by atoms with E-state index in [0.717, 1.165) is 25.7 Å². The van der Waals surface area contributed by atoms with Gasteiger partial charge in [0.25, 0.3) is 0 Å². The van der Waals surface area contributed by atoms with E-state index in [1.54, 1.807) is 0 Å². The molecule has 0 bridgehead atoms. The number of fused-ring (bicyclic) bond motifs is 5. The van der Waals surface area contributed by atoms with Gasteiger partial charge in [-0.05, 0) is 104 Å². The zero-order valence-corrected chi connectivity index (χ0v) is 30.5. The van der Waals surface area contributed by atoms with Crippen molar-refractivity contribution in [1.82, 2.24) is 0 Å². The van der Waals surface area contributed by atoms with Gasteiger partial charge in [-0.15, -0.1) is 0 Å². The Hall–Kier alpha value is 1.44. The summed E-state index contributed by atoms with van der Waals surface area (Å²) >= 11 is 0. The third-order valence-electron chi connectivity index (χ3n) is 11.3. The molecule has 4 rings (SSSR count). The van der Waals surface area contributed by atoms with Crippen LogP contribution in [0.1, 0.15) is 85.5 Å². The molecule has 0 spiro atoms. The van der Waals surface area contributed by atoms with E-state index in [4.69, 9.17) is 0 Å². The summed E-state index contributed by atoms with van der Waals surface area (Å²) in [7, 11) is -9.07. The monoisotopic (exact) mass is 622 g/mol. The molecule has 1 unspecified atom stereocenters. The molecule has 0 radical (unpaired) electrons. The van der Waals surface area contributed by atoms with Crippen molar-refractivity contribution in [2.24, 2.45) is 46.3 Å². The minimum Gasteiger partial charge on any atom is -0.748 e. The van der Waals surface area contributed by atoms with Crippen LogP contribution >= 0.6 is 0 Å². The maximum atomic E-state index is 12.4. The molecule has 2 N–H and O–H groups in total. The fourth-order valence-electron chi connectivity index (χ4n) is 9.35. The summed E-state index contributed by atoms with van der Waals surface area (Å²) in [5.41, 5.74) is -1.72. The first-order valence-corrected chi connectivity index (χ1v) is 16.9. The number of rotatable bonds is 8. The number of aliphatic hydroxyl groups excluding tert-OH is 1. The minimum absolute atomic E-state index is 0. The molecule has 0 aliphatic heterocycles. The van der Waals surface area contributed by atoms with E-state index in [9.17, 15) is 36.2 Å². The van der Waals surface area contributed by atoms with Gasteiger partial charge in [0, 0.05) is 5.25 Å². The molecule has 0 aromatic rings. The van der Waals surface area contributed by atoms with Crippen molar-refractivity contribution in [2.45, 2.75) is 102 Å². The molecule has 220 valence electrons. The van der Waals surface area contributed by atoms with E-state index in [-0.39, 0.29) is 113 Å². The van der Waals surface area contributed by atoms with Gasteiger partial charge in [-0.2, -0.15) is 0 Å². The van der Waals surface area contributed by atoms with E-state index in [1.165, 1.54) is 0 Å². The summed E-state index contributed by atoms with van der Waals surface area (Å²) in [6.07, 6.45) is 8.67. The van der Waals surface area contributed by atoms with Gasteiger partial charge in [-0.3, -0.25) is 4.18 Å². The number of allylic oxidation sites excluding steroid dienone is 2. The first-order valence-electron chi connectivity index (χ1n) is 14.0. The van der Waals surface area contributed by atoms with Crippen molar-refractivity contribution in [3.05, 3.63) is 12.2 Å². The SMILES string of the molecule is CC(C/C=C/[C@@H](C)[C@H]1CC[C@@H]2[C@]1(C)CC[C@@H]1[C@@]3(C)CC[C@@H](S(=O)(=O)[O-])C[C@@H]3C[C@@H](O)[C@]12O)COS(=O)(=O)[O-].[Na+].[Na+]. The zero-order chi connectivity index (χ0) is 28.3. The van der Waals surface area contributed by atoms with E-state index in [1.807, 2.05) is 13.0 Å². The van der Waals surface area contributed by atoms with E-state index < -0.39 is 37.5 Å². The van der Waals surface area contributed by atoms with Crippen LogP contribution in [0.3, 0.4) is 0 Å². The fraction of sp³-hybridized carbons (Fsp3) is 0.926. The smallest absolute Gasteiger partial charge is 0.748 e. The number of hydrogen-bond acceptors (Lipinski definition) is 9. The Morgan fingerprint density at radius 2 is 1.55 bits per heavy atom. The van der Waals surface area contributed by atoms with Crippen molar-refractivity contribution in [1.29, 1.82) is 0 Å². The summed E-state index contributed by atoms with van der Waals surface area (Å²) in [4.78, 5) is 0. The molecule has 0 aromatic heterocycles. The molecule has 0 heterocycles. The van der Waals surface area contributed by atoms with E-state index >= 15 is 0 Å². The van der Waals surface area contributed by atoms with Crippen LogP contribution in [0.25, 0.3) is 0 Å². The zero-order valence-electron chi connectivity index (χ0n) is 24.9. The summed E-state index contributed by atoms with van der Waals surface area (Å²) < 4.78 is 71.7. The molecule has 4 saturated carbocycles. The number of aliphatic hydroxyl groups is 2. The van der Waals surface area contributed by atoms with Gasteiger partial charge in [0.2, 0.25) is 10.4 Å². The Morgan fingerprint density at radius 1 is 0.950 bits per heavy atom. The van der Waals surface area contributed by atoms with Crippen molar-refractivity contribution in [2.75, 3.05) is 6.61 Å². The molecule has 0 amide bonds. The van der Waals surface area contributed by atoms with Crippen molar-refractivity contribution in [3.63, 3.8) is 0 Å². The van der Waals surface area contributed by atoms with Crippen LogP contribution in [0.5, 0.6) is 0 Å². The largest absolute Gasteiger partial charge is 1.00 e. The minimum atomic E-state index is -4.70. The summed E-state index contributed by atoms with van der Waals surface area (Å²) in [5, 5.41) is 22.9. The van der Waals surface area contributed by atoms with Gasteiger partial charge in [0.15, 0.2) is 0 Å². The predicted octanol–water partition coefficient (Wildman–Crippen LogP) is -2.65. The summed E-state index contributed by atoms with van der Waals surface area (Å²) in [5.74, 6) is 0.0849. The van der Waals surface area contributed by atoms with Gasteiger partial charge in [-0.1, -0.05) is 39.8 Å².